The number of rotatable bonds is 4. The van der Waals surface area contributed by atoms with Crippen molar-refractivity contribution in [3.8, 4) is 0 Å². The number of piperazine rings is 1. The molecule has 2 heterocycles. The quantitative estimate of drug-likeness (QED) is 0.647. The third-order valence-corrected chi connectivity index (χ3v) is 4.99. The average Bonchev–Trinajstić information content (AvgIpc) is 3.07. The Balaban J connectivity index is 1.49. The third-order valence-electron chi connectivity index (χ3n) is 4.99. The Labute approximate surface area is 159 Å². The second kappa shape index (κ2) is 8.17. The summed E-state index contributed by atoms with van der Waals surface area (Å²) in [4.78, 5) is 38.4. The van der Waals surface area contributed by atoms with Gasteiger partial charge in [0.15, 0.2) is 6.54 Å². The number of carbonyl (C=O) groups excluding carboxylic acids is 3. The molecule has 1 atom stereocenters. The van der Waals surface area contributed by atoms with Crippen molar-refractivity contribution in [1.29, 1.82) is 0 Å². The van der Waals surface area contributed by atoms with Crippen molar-refractivity contribution in [3.63, 3.8) is 0 Å². The predicted molar refractivity (Wildman–Crippen MR) is 93.4 cm³/mol. The molecule has 0 unspecified atom stereocenters. The van der Waals surface area contributed by atoms with Crippen molar-refractivity contribution in [2.45, 2.75) is 25.1 Å². The number of benzene rings is 1. The van der Waals surface area contributed by atoms with E-state index in [4.69, 9.17) is 0 Å². The molecule has 0 bridgehead atoms. The van der Waals surface area contributed by atoms with E-state index in [9.17, 15) is 27.6 Å². The summed E-state index contributed by atoms with van der Waals surface area (Å²) in [6.45, 7) is 1.93. The van der Waals surface area contributed by atoms with Gasteiger partial charge in [0, 0.05) is 6.42 Å². The predicted octanol–water partition coefficient (Wildman–Crippen LogP) is -0.350. The maximum Gasteiger partial charge on any atom is 0.418 e. The molecule has 0 aromatic heterocycles. The van der Waals surface area contributed by atoms with E-state index in [1.54, 1.807) is 4.90 Å². The van der Waals surface area contributed by atoms with Gasteiger partial charge in [0.25, 0.3) is 5.91 Å². The molecule has 3 N–H and O–H groups in total. The highest BCUT2D eigenvalue weighted by molar-refractivity contribution is 5.92. The first-order valence-corrected chi connectivity index (χ1v) is 9.12. The highest BCUT2D eigenvalue weighted by Gasteiger charge is 2.35. The monoisotopic (exact) mass is 399 g/mol. The molecule has 10 heteroatoms. The number of quaternary nitrogens is 1. The number of alkyl halides is 3. The Bertz CT molecular complexity index is 761. The van der Waals surface area contributed by atoms with Crippen LogP contribution in [0.5, 0.6) is 0 Å². The SMILES string of the molecule is O=C(C[NH+]1CCN(C(=O)[C@@H]2CCC(=O)N2)CC1)Nc1ccccc1C(F)(F)F. The van der Waals surface area contributed by atoms with Crippen molar-refractivity contribution < 1.29 is 32.5 Å². The number of hydrogen-bond acceptors (Lipinski definition) is 3. The first-order chi connectivity index (χ1) is 13.2. The van der Waals surface area contributed by atoms with Crippen LogP contribution < -0.4 is 15.5 Å². The van der Waals surface area contributed by atoms with Crippen LogP contribution >= 0.6 is 0 Å². The number of halogens is 3. The molecule has 1 aromatic rings. The molecule has 3 amide bonds. The van der Waals surface area contributed by atoms with Crippen molar-refractivity contribution >= 4 is 23.4 Å². The van der Waals surface area contributed by atoms with Gasteiger partial charge in [-0.3, -0.25) is 14.4 Å². The molecule has 2 aliphatic rings. The molecule has 0 saturated carbocycles. The Morgan fingerprint density at radius 3 is 2.50 bits per heavy atom. The van der Waals surface area contributed by atoms with Crippen LogP contribution in [-0.2, 0) is 20.6 Å². The van der Waals surface area contributed by atoms with E-state index in [0.717, 1.165) is 11.0 Å². The zero-order valence-corrected chi connectivity index (χ0v) is 15.1. The molecule has 28 heavy (non-hydrogen) atoms. The molecule has 152 valence electrons. The maximum absolute atomic E-state index is 13.0. The van der Waals surface area contributed by atoms with Crippen molar-refractivity contribution in [2.24, 2.45) is 0 Å². The smallest absolute Gasteiger partial charge is 0.344 e. The van der Waals surface area contributed by atoms with Crippen LogP contribution in [0.4, 0.5) is 18.9 Å². The minimum absolute atomic E-state index is 0.0222. The lowest BCUT2D eigenvalue weighted by atomic mass is 10.1. The van der Waals surface area contributed by atoms with E-state index in [1.165, 1.54) is 18.2 Å². The van der Waals surface area contributed by atoms with Gasteiger partial charge in [-0.05, 0) is 18.6 Å². The van der Waals surface area contributed by atoms with E-state index in [1.807, 2.05) is 0 Å². The number of hydrogen-bond donors (Lipinski definition) is 3. The minimum atomic E-state index is -4.54. The highest BCUT2D eigenvalue weighted by Crippen LogP contribution is 2.34. The molecule has 3 rings (SSSR count). The standard InChI is InChI=1S/C18H21F3N4O3/c19-18(20,21)12-3-1-2-4-13(12)22-16(27)11-24-7-9-25(10-8-24)17(28)14-5-6-15(26)23-14/h1-4,14H,5-11H2,(H,22,27)(H,23,26)/p+1/t14-/m0/s1. The van der Waals surface area contributed by atoms with E-state index in [2.05, 4.69) is 10.6 Å². The molecule has 0 spiro atoms. The second-order valence-corrected chi connectivity index (χ2v) is 7.00. The first kappa shape index (κ1) is 20.1. The summed E-state index contributed by atoms with van der Waals surface area (Å²) in [5.41, 5.74) is -1.14. The molecule has 0 radical (unpaired) electrons. The largest absolute Gasteiger partial charge is 0.418 e. The van der Waals surface area contributed by atoms with Gasteiger partial charge < -0.3 is 20.4 Å². The zero-order valence-electron chi connectivity index (χ0n) is 15.1. The van der Waals surface area contributed by atoms with Crippen LogP contribution in [0.2, 0.25) is 0 Å². The number of carbonyl (C=O) groups is 3. The van der Waals surface area contributed by atoms with Crippen LogP contribution in [0.3, 0.4) is 0 Å². The van der Waals surface area contributed by atoms with E-state index < -0.39 is 23.7 Å². The van der Waals surface area contributed by atoms with Crippen LogP contribution in [0.15, 0.2) is 24.3 Å². The number of anilines is 1. The van der Waals surface area contributed by atoms with E-state index in [-0.39, 0.29) is 24.0 Å². The fourth-order valence-electron chi connectivity index (χ4n) is 3.50. The van der Waals surface area contributed by atoms with Gasteiger partial charge in [-0.1, -0.05) is 12.1 Å². The fourth-order valence-corrected chi connectivity index (χ4v) is 3.50. The number of nitrogens with zero attached hydrogens (tertiary/aromatic N) is 1. The molecule has 2 saturated heterocycles. The summed E-state index contributed by atoms with van der Waals surface area (Å²) in [5, 5.41) is 4.99. The third kappa shape index (κ3) is 4.80. The number of nitrogens with one attached hydrogen (secondary N) is 3. The van der Waals surface area contributed by atoms with Crippen molar-refractivity contribution in [2.75, 3.05) is 38.0 Å². The van der Waals surface area contributed by atoms with Gasteiger partial charge in [-0.25, -0.2) is 0 Å². The summed E-state index contributed by atoms with van der Waals surface area (Å²) in [5.74, 6) is -0.749. The van der Waals surface area contributed by atoms with E-state index >= 15 is 0 Å². The molecule has 7 nitrogen and oxygen atoms in total. The second-order valence-electron chi connectivity index (χ2n) is 7.00. The van der Waals surface area contributed by atoms with Gasteiger partial charge >= 0.3 is 6.18 Å². The normalized spacial score (nSPS) is 20.8. The lowest BCUT2D eigenvalue weighted by Gasteiger charge is -2.33. The summed E-state index contributed by atoms with van der Waals surface area (Å²) >= 11 is 0. The molecule has 2 aliphatic heterocycles. The Morgan fingerprint density at radius 2 is 1.89 bits per heavy atom. The van der Waals surface area contributed by atoms with Gasteiger partial charge in [0.1, 0.15) is 6.04 Å². The van der Waals surface area contributed by atoms with Gasteiger partial charge in [0.2, 0.25) is 11.8 Å². The first-order valence-electron chi connectivity index (χ1n) is 9.12. The highest BCUT2D eigenvalue weighted by atomic mass is 19.4. The zero-order chi connectivity index (χ0) is 20.3. The summed E-state index contributed by atoms with van der Waals surface area (Å²) < 4.78 is 39.0. The summed E-state index contributed by atoms with van der Waals surface area (Å²) in [6.07, 6.45) is -3.70. The van der Waals surface area contributed by atoms with E-state index in [0.29, 0.717) is 39.0 Å². The van der Waals surface area contributed by atoms with Crippen molar-refractivity contribution in [1.82, 2.24) is 10.2 Å². The number of amides is 3. The average molecular weight is 399 g/mol. The summed E-state index contributed by atoms with van der Waals surface area (Å²) in [7, 11) is 0. The number of para-hydroxylation sites is 1. The lowest BCUT2D eigenvalue weighted by Crippen LogP contribution is -3.15. The van der Waals surface area contributed by atoms with Gasteiger partial charge in [-0.15, -0.1) is 0 Å². The van der Waals surface area contributed by atoms with Crippen LogP contribution in [0, 0.1) is 0 Å². The fraction of sp³-hybridized carbons (Fsp3) is 0.500. The Hall–Kier alpha value is -2.62. The Kier molecular flexibility index (Phi) is 5.87. The summed E-state index contributed by atoms with van der Waals surface area (Å²) in [6, 6.07) is 4.38. The lowest BCUT2D eigenvalue weighted by molar-refractivity contribution is -0.895. The molecule has 2 fully saturated rings. The molecular weight excluding hydrogens is 377 g/mol. The minimum Gasteiger partial charge on any atom is -0.344 e. The van der Waals surface area contributed by atoms with Gasteiger partial charge in [0.05, 0.1) is 37.4 Å². The van der Waals surface area contributed by atoms with Crippen LogP contribution in [0.1, 0.15) is 18.4 Å². The molecular formula is C18H22F3N4O3+. The maximum atomic E-state index is 13.0. The topological polar surface area (TPSA) is 83.0 Å². The van der Waals surface area contributed by atoms with Gasteiger partial charge in [-0.2, -0.15) is 13.2 Å². The molecule has 0 aliphatic carbocycles. The van der Waals surface area contributed by atoms with Crippen molar-refractivity contribution in [3.05, 3.63) is 29.8 Å². The van der Waals surface area contributed by atoms with Crippen LogP contribution in [0.25, 0.3) is 0 Å². The molecule has 1 aromatic carbocycles. The Morgan fingerprint density at radius 1 is 1.21 bits per heavy atom. The van der Waals surface area contributed by atoms with Crippen LogP contribution in [-0.4, -0.2) is 61.4 Å².